The van der Waals surface area contributed by atoms with Gasteiger partial charge < -0.3 is 14.9 Å². The molecule has 1 aliphatic heterocycles. The molecule has 0 unspecified atom stereocenters. The number of carbonyl (C=O) groups excluding carboxylic acids is 1. The molecule has 0 spiro atoms. The van der Waals surface area contributed by atoms with Gasteiger partial charge >= 0.3 is 5.97 Å². The summed E-state index contributed by atoms with van der Waals surface area (Å²) in [6.07, 6.45) is -1.43. The summed E-state index contributed by atoms with van der Waals surface area (Å²) in [5, 5.41) is 17.4. The van der Waals surface area contributed by atoms with Crippen LogP contribution in [0.15, 0.2) is 0 Å². The molecular weight excluding hydrogens is 136 g/mol. The highest BCUT2D eigenvalue weighted by Crippen LogP contribution is 2.23. The highest BCUT2D eigenvalue weighted by atomic mass is 16.6. The number of esters is 1. The Labute approximate surface area is 58.4 Å². The molecule has 1 aliphatic rings. The maximum absolute atomic E-state index is 10.4. The van der Waals surface area contributed by atoms with E-state index in [1.165, 1.54) is 0 Å². The van der Waals surface area contributed by atoms with E-state index in [1.54, 1.807) is 6.92 Å². The van der Waals surface area contributed by atoms with Crippen LogP contribution in [0.1, 0.15) is 6.92 Å². The fourth-order valence-electron chi connectivity index (χ4n) is 0.921. The number of carbonyl (C=O) groups is 1. The Morgan fingerprint density at radius 3 is 2.70 bits per heavy atom. The average Bonchev–Trinajstić information content (AvgIpc) is 1.98. The van der Waals surface area contributed by atoms with E-state index in [2.05, 4.69) is 4.74 Å². The lowest BCUT2D eigenvalue weighted by Gasteiger charge is -2.35. The van der Waals surface area contributed by atoms with Crippen LogP contribution in [0.25, 0.3) is 0 Å². The molecule has 58 valence electrons. The Morgan fingerprint density at radius 1 is 1.80 bits per heavy atom. The number of aliphatic hydroxyl groups is 2. The molecule has 1 fully saturated rings. The number of cyclic esters (lactones) is 1. The van der Waals surface area contributed by atoms with Gasteiger partial charge in [-0.3, -0.25) is 4.79 Å². The normalized spacial score (nSPS) is 34.5. The summed E-state index contributed by atoms with van der Waals surface area (Å²) in [7, 11) is 0. The highest BCUT2D eigenvalue weighted by Gasteiger charge is 2.42. The maximum Gasteiger partial charge on any atom is 0.312 e. The van der Waals surface area contributed by atoms with E-state index in [0.29, 0.717) is 0 Å². The molecule has 0 saturated carbocycles. The molecule has 4 nitrogen and oxygen atoms in total. The molecule has 10 heavy (non-hydrogen) atoms. The van der Waals surface area contributed by atoms with Crippen LogP contribution in [-0.4, -0.2) is 35.0 Å². The monoisotopic (exact) mass is 146 g/mol. The van der Waals surface area contributed by atoms with E-state index >= 15 is 0 Å². The minimum absolute atomic E-state index is 0.276. The second kappa shape index (κ2) is 2.56. The smallest absolute Gasteiger partial charge is 0.312 e. The van der Waals surface area contributed by atoms with E-state index in [-0.39, 0.29) is 18.5 Å². The zero-order valence-electron chi connectivity index (χ0n) is 5.65. The second-order valence-corrected chi connectivity index (χ2v) is 2.44. The summed E-state index contributed by atoms with van der Waals surface area (Å²) >= 11 is 0. The van der Waals surface area contributed by atoms with Gasteiger partial charge in [-0.15, -0.1) is 0 Å². The fraction of sp³-hybridized carbons (Fsp3) is 0.833. The lowest BCUT2D eigenvalue weighted by Crippen LogP contribution is -2.51. The lowest BCUT2D eigenvalue weighted by molar-refractivity contribution is -0.198. The first kappa shape index (κ1) is 7.50. The Bertz CT molecular complexity index is 145. The van der Waals surface area contributed by atoms with Crippen molar-refractivity contribution in [3.8, 4) is 0 Å². The molecular formula is C6H10O4. The first-order valence-corrected chi connectivity index (χ1v) is 3.16. The van der Waals surface area contributed by atoms with Crippen LogP contribution >= 0.6 is 0 Å². The number of ether oxygens (including phenoxy) is 1. The number of aliphatic hydroxyl groups excluding tert-OH is 2. The van der Waals surface area contributed by atoms with Crippen LogP contribution in [0.3, 0.4) is 0 Å². The highest BCUT2D eigenvalue weighted by molar-refractivity contribution is 5.78. The molecule has 0 aliphatic carbocycles. The summed E-state index contributed by atoms with van der Waals surface area (Å²) in [5.74, 6) is -0.584. The molecule has 3 atom stereocenters. The standard InChI is InChI=1S/C6H10O4/c1-3-5(4(8)2-7)10-6(3)9/h3-5,7-8H,2H2,1H3/t3-,4+,5+/m0/s1. The van der Waals surface area contributed by atoms with Gasteiger partial charge in [0.15, 0.2) is 0 Å². The largest absolute Gasteiger partial charge is 0.458 e. The van der Waals surface area contributed by atoms with Crippen molar-refractivity contribution < 1.29 is 19.7 Å². The minimum Gasteiger partial charge on any atom is -0.458 e. The molecule has 0 radical (unpaired) electrons. The average molecular weight is 146 g/mol. The second-order valence-electron chi connectivity index (χ2n) is 2.44. The quantitative estimate of drug-likeness (QED) is 0.485. The summed E-state index contributed by atoms with van der Waals surface area (Å²) in [6.45, 7) is 1.30. The Morgan fingerprint density at radius 2 is 2.40 bits per heavy atom. The third kappa shape index (κ3) is 0.998. The predicted octanol–water partition coefficient (Wildman–Crippen LogP) is -1.10. The van der Waals surface area contributed by atoms with Crippen molar-refractivity contribution >= 4 is 5.97 Å². The molecule has 0 aromatic rings. The molecule has 4 heteroatoms. The molecule has 0 amide bonds. The molecule has 2 N–H and O–H groups in total. The van der Waals surface area contributed by atoms with Crippen LogP contribution in [0.4, 0.5) is 0 Å². The van der Waals surface area contributed by atoms with Crippen LogP contribution in [-0.2, 0) is 9.53 Å². The van der Waals surface area contributed by atoms with Gasteiger partial charge in [0.25, 0.3) is 0 Å². The summed E-state index contributed by atoms with van der Waals surface area (Å²) in [5.41, 5.74) is 0. The van der Waals surface area contributed by atoms with Crippen LogP contribution < -0.4 is 0 Å². The fourth-order valence-corrected chi connectivity index (χ4v) is 0.921. The van der Waals surface area contributed by atoms with Crippen molar-refractivity contribution in [1.82, 2.24) is 0 Å². The van der Waals surface area contributed by atoms with Gasteiger partial charge in [0.2, 0.25) is 0 Å². The third-order valence-corrected chi connectivity index (χ3v) is 1.68. The van der Waals surface area contributed by atoms with Gasteiger partial charge in [0.1, 0.15) is 12.2 Å². The SMILES string of the molecule is C[C@@H]1C(=O)O[C@H]1[C@H](O)CO. The minimum atomic E-state index is -0.923. The van der Waals surface area contributed by atoms with Gasteiger partial charge in [-0.25, -0.2) is 0 Å². The zero-order chi connectivity index (χ0) is 7.72. The Balaban J connectivity index is 2.39. The molecule has 1 saturated heterocycles. The van der Waals surface area contributed by atoms with Crippen molar-refractivity contribution in [2.75, 3.05) is 6.61 Å². The lowest BCUT2D eigenvalue weighted by atomic mass is 9.95. The first-order valence-electron chi connectivity index (χ1n) is 3.16. The zero-order valence-corrected chi connectivity index (χ0v) is 5.65. The van der Waals surface area contributed by atoms with Gasteiger partial charge in [-0.1, -0.05) is 0 Å². The number of rotatable bonds is 2. The van der Waals surface area contributed by atoms with Gasteiger partial charge in [0, 0.05) is 0 Å². The van der Waals surface area contributed by atoms with Crippen molar-refractivity contribution in [3.05, 3.63) is 0 Å². The van der Waals surface area contributed by atoms with Crippen molar-refractivity contribution in [1.29, 1.82) is 0 Å². The molecule has 0 bridgehead atoms. The number of hydrogen-bond acceptors (Lipinski definition) is 4. The third-order valence-electron chi connectivity index (χ3n) is 1.68. The Kier molecular flexibility index (Phi) is 1.92. The summed E-state index contributed by atoms with van der Waals surface area (Å²) < 4.78 is 4.56. The Hall–Kier alpha value is -0.610. The van der Waals surface area contributed by atoms with Gasteiger partial charge in [-0.2, -0.15) is 0 Å². The molecule has 1 heterocycles. The van der Waals surface area contributed by atoms with Crippen molar-refractivity contribution in [2.24, 2.45) is 5.92 Å². The summed E-state index contributed by atoms with van der Waals surface area (Å²) in [6, 6.07) is 0. The molecule has 0 aromatic heterocycles. The van der Waals surface area contributed by atoms with Crippen LogP contribution in [0, 0.1) is 5.92 Å². The van der Waals surface area contributed by atoms with Crippen LogP contribution in [0.5, 0.6) is 0 Å². The van der Waals surface area contributed by atoms with E-state index < -0.39 is 12.2 Å². The topological polar surface area (TPSA) is 66.8 Å². The van der Waals surface area contributed by atoms with Crippen LogP contribution in [0.2, 0.25) is 0 Å². The number of hydrogen-bond donors (Lipinski definition) is 2. The van der Waals surface area contributed by atoms with Gasteiger partial charge in [0.05, 0.1) is 12.5 Å². The van der Waals surface area contributed by atoms with Crippen molar-refractivity contribution in [2.45, 2.75) is 19.1 Å². The van der Waals surface area contributed by atoms with Crippen molar-refractivity contribution in [3.63, 3.8) is 0 Å². The molecule has 0 aromatic carbocycles. The predicted molar refractivity (Wildman–Crippen MR) is 32.1 cm³/mol. The van der Waals surface area contributed by atoms with E-state index in [0.717, 1.165) is 0 Å². The van der Waals surface area contributed by atoms with E-state index in [1.807, 2.05) is 0 Å². The molecule has 1 rings (SSSR count). The van der Waals surface area contributed by atoms with Gasteiger partial charge in [-0.05, 0) is 6.92 Å². The first-order chi connectivity index (χ1) is 4.66. The van der Waals surface area contributed by atoms with E-state index in [9.17, 15) is 4.79 Å². The summed E-state index contributed by atoms with van der Waals surface area (Å²) in [4.78, 5) is 10.4. The van der Waals surface area contributed by atoms with E-state index in [4.69, 9.17) is 10.2 Å². The maximum atomic E-state index is 10.4.